The van der Waals surface area contributed by atoms with Gasteiger partial charge in [-0.3, -0.25) is 14.4 Å². The predicted octanol–water partition coefficient (Wildman–Crippen LogP) is 20.1. The second-order valence-electron chi connectivity index (χ2n) is 28.8. The number of nitrogens with zero attached hydrogens (tertiary/aromatic N) is 6. The predicted molar refractivity (Wildman–Crippen MR) is 436 cm³/mol. The number of aromatic nitrogens is 6. The molecule has 5 aromatic heterocycles. The van der Waals surface area contributed by atoms with Crippen LogP contribution in [0.1, 0.15) is 83.1 Å². The normalized spacial score (nSPS) is 16.3. The van der Waals surface area contributed by atoms with Crippen LogP contribution in [-0.4, -0.2) is 84.6 Å². The van der Waals surface area contributed by atoms with Gasteiger partial charge in [-0.2, -0.15) is 29.9 Å². The zero-order valence-electron chi connectivity index (χ0n) is 60.6. The molecule has 0 spiro atoms. The summed E-state index contributed by atoms with van der Waals surface area (Å²) in [4.78, 5) is 60.3. The summed E-state index contributed by atoms with van der Waals surface area (Å²) in [5.74, 6) is 0.400. The summed E-state index contributed by atoms with van der Waals surface area (Å²) in [6, 6.07) is 62.7. The van der Waals surface area contributed by atoms with E-state index in [9.17, 15) is 14.4 Å². The number of halogens is 6. The lowest BCUT2D eigenvalue weighted by Crippen LogP contribution is -2.41. The molecule has 3 aliphatic rings. The number of hydrogen-bond acceptors (Lipinski definition) is 18. The van der Waals surface area contributed by atoms with Crippen molar-refractivity contribution in [3.63, 3.8) is 0 Å². The van der Waals surface area contributed by atoms with Gasteiger partial charge < -0.3 is 41.2 Å². The Morgan fingerprint density at radius 3 is 0.861 bits per heavy atom. The van der Waals surface area contributed by atoms with Gasteiger partial charge in [0.15, 0.2) is 5.82 Å². The van der Waals surface area contributed by atoms with Crippen LogP contribution in [0.5, 0.6) is 0 Å². The minimum atomic E-state index is -0.476. The van der Waals surface area contributed by atoms with Crippen molar-refractivity contribution in [2.45, 2.75) is 117 Å². The lowest BCUT2D eigenvalue weighted by Gasteiger charge is -2.32. The minimum Gasteiger partial charge on any atom is -0.456 e. The first kappa shape index (κ1) is 77.5. The SMILES string of the molecule is CC1(C)OB(B2OC(C)(C)C(C)(C)O2)OC1(C)C.CC1(C)OB(c2ccc(-c3ccc4c(=O)c5ccccc5oc4c3)cc2)OC1(C)C.Clc1nc(Cl)nc(Cl)n1.O=c1c2ccccc2oc2cc(-c3ccc(-c4nc(Cl)nc(Cl)n4)cc3)ccc12.O=c1c2ccccc2oc2cc(-c3ccc(Br)cc3)ccc12. The standard InChI is InChI=1S/C25H23BO4.C22H11Cl2N3O2.C19H11BrO2.C12H24B2O4.C3Cl3N3/c1-24(2)25(3,4)30-26(29-24)18-12-9-16(10-13-18)17-11-14-20-22(15-17)28-21-8-6-5-7-19(21)23(20)27;23-21-25-20(26-22(24)27-21)13-7-5-12(6-8-13)14-9-10-16-18(11-14)29-17-4-2-1-3-15(17)19(16)28;20-14-8-5-12(6-9-14)13-7-10-16-18(11-13)22-17-4-2-1-3-15(17)19(16)21;1-9(2)10(3,4)16-13(15-9)14-17-11(5,6)12(7,8)18-14;4-1-7-2(5)9-3(6)8-1/h5-15H,1-4H3;1-11H;1-11H;1-8H3;. The van der Waals surface area contributed by atoms with Crippen LogP contribution >= 0.6 is 73.9 Å². The van der Waals surface area contributed by atoms with Gasteiger partial charge in [0.1, 0.15) is 33.5 Å². The molecule has 546 valence electrons. The monoisotopic (exact) mass is 1600 g/mol. The van der Waals surface area contributed by atoms with Crippen LogP contribution in [0.4, 0.5) is 0 Å². The Bertz CT molecular complexity index is 5810. The van der Waals surface area contributed by atoms with Crippen LogP contribution in [0.15, 0.2) is 232 Å². The van der Waals surface area contributed by atoms with Crippen LogP contribution in [0.3, 0.4) is 0 Å². The highest BCUT2D eigenvalue weighted by molar-refractivity contribution is 9.10. The van der Waals surface area contributed by atoms with Crippen molar-refractivity contribution in [1.82, 2.24) is 29.9 Å². The topological polar surface area (TPSA) is 223 Å². The molecular formula is C81H69B3BrCl5N6O12. The molecule has 0 aliphatic carbocycles. The first-order valence-corrected chi connectivity index (χ1v) is 37.0. The van der Waals surface area contributed by atoms with E-state index >= 15 is 0 Å². The molecule has 18 nitrogen and oxygen atoms in total. The number of benzene rings is 9. The zero-order chi connectivity index (χ0) is 77.0. The van der Waals surface area contributed by atoms with E-state index in [1.807, 2.05) is 253 Å². The third-order valence-corrected chi connectivity index (χ3v) is 21.4. The maximum Gasteiger partial charge on any atom is 0.494 e. The van der Waals surface area contributed by atoms with Crippen molar-refractivity contribution >= 4 is 166 Å². The van der Waals surface area contributed by atoms with E-state index in [0.717, 1.165) is 48.9 Å². The third-order valence-electron chi connectivity index (χ3n) is 20.1. The van der Waals surface area contributed by atoms with E-state index < -0.39 is 14.0 Å². The average molecular weight is 1610 g/mol. The highest BCUT2D eigenvalue weighted by Gasteiger charge is 2.64. The molecule has 0 atom stereocenters. The van der Waals surface area contributed by atoms with Gasteiger partial charge in [0, 0.05) is 10.0 Å². The minimum absolute atomic E-state index is 0.000000000000000444. The molecule has 0 N–H and O–H groups in total. The molecular weight excluding hydrogens is 1540 g/mol. The maximum atomic E-state index is 12.7. The highest BCUT2D eigenvalue weighted by atomic mass is 79.9. The lowest BCUT2D eigenvalue weighted by molar-refractivity contribution is 0.00578. The number of fused-ring (bicyclic) bond motifs is 6. The maximum absolute atomic E-state index is 12.7. The second-order valence-corrected chi connectivity index (χ2v) is 31.4. The van der Waals surface area contributed by atoms with E-state index in [1.54, 1.807) is 30.3 Å². The molecule has 14 aromatic rings. The molecule has 17 rings (SSSR count). The van der Waals surface area contributed by atoms with E-state index in [4.69, 9.17) is 99.2 Å². The summed E-state index contributed by atoms with van der Waals surface area (Å²) in [5.41, 5.74) is 9.10. The summed E-state index contributed by atoms with van der Waals surface area (Å²) in [6.45, 7) is 24.4. The molecule has 9 aromatic carbocycles. The van der Waals surface area contributed by atoms with Gasteiger partial charge in [-0.05, 0) is 265 Å². The molecule has 0 saturated carbocycles. The smallest absolute Gasteiger partial charge is 0.456 e. The Hall–Kier alpha value is -8.71. The molecule has 3 aliphatic heterocycles. The summed E-state index contributed by atoms with van der Waals surface area (Å²) in [6.07, 6.45) is 0. The van der Waals surface area contributed by atoms with Crippen molar-refractivity contribution < 1.29 is 41.2 Å². The Labute approximate surface area is 655 Å². The van der Waals surface area contributed by atoms with Crippen LogP contribution in [-0.2, 0) is 27.9 Å². The third kappa shape index (κ3) is 16.4. The number of hydrogen-bond donors (Lipinski definition) is 0. The van der Waals surface area contributed by atoms with Gasteiger partial charge in [-0.25, -0.2) is 0 Å². The molecule has 0 bridgehead atoms. The first-order chi connectivity index (χ1) is 51.1. The van der Waals surface area contributed by atoms with E-state index in [1.165, 1.54) is 0 Å². The average Bonchev–Trinajstić information content (AvgIpc) is 1.54. The Morgan fingerprint density at radius 2 is 0.537 bits per heavy atom. The Kier molecular flexibility index (Phi) is 22.0. The van der Waals surface area contributed by atoms with Gasteiger partial charge in [0.05, 0.1) is 65.9 Å². The van der Waals surface area contributed by atoms with Gasteiger partial charge in [0.25, 0.3) is 0 Å². The molecule has 3 saturated heterocycles. The van der Waals surface area contributed by atoms with Crippen LogP contribution in [0.25, 0.3) is 111 Å². The van der Waals surface area contributed by atoms with E-state index in [-0.39, 0.29) is 83.4 Å². The van der Waals surface area contributed by atoms with Crippen LogP contribution < -0.4 is 21.7 Å². The highest BCUT2D eigenvalue weighted by Crippen LogP contribution is 2.44. The van der Waals surface area contributed by atoms with Crippen molar-refractivity contribution in [3.8, 4) is 44.8 Å². The summed E-state index contributed by atoms with van der Waals surface area (Å²) < 4.78 is 55.0. The number of rotatable bonds is 6. The van der Waals surface area contributed by atoms with Crippen molar-refractivity contribution in [2.75, 3.05) is 0 Å². The van der Waals surface area contributed by atoms with Gasteiger partial charge >= 0.3 is 21.1 Å². The van der Waals surface area contributed by atoms with Gasteiger partial charge in [0.2, 0.25) is 42.7 Å². The fourth-order valence-electron chi connectivity index (χ4n) is 12.0. The molecule has 0 amide bonds. The second kappa shape index (κ2) is 30.6. The van der Waals surface area contributed by atoms with E-state index in [0.29, 0.717) is 71.6 Å². The zero-order valence-corrected chi connectivity index (χ0v) is 66.0. The van der Waals surface area contributed by atoms with Crippen molar-refractivity contribution in [2.24, 2.45) is 0 Å². The van der Waals surface area contributed by atoms with Gasteiger partial charge in [-0.15, -0.1) is 0 Å². The molecule has 108 heavy (non-hydrogen) atoms. The molecule has 0 radical (unpaired) electrons. The lowest BCUT2D eigenvalue weighted by atomic mass is 9.49. The molecule has 0 unspecified atom stereocenters. The van der Waals surface area contributed by atoms with Crippen LogP contribution in [0.2, 0.25) is 26.4 Å². The van der Waals surface area contributed by atoms with Gasteiger partial charge in [-0.1, -0.05) is 131 Å². The van der Waals surface area contributed by atoms with Crippen molar-refractivity contribution in [1.29, 1.82) is 0 Å². The quantitative estimate of drug-likeness (QED) is 0.111. The Morgan fingerprint density at radius 1 is 0.287 bits per heavy atom. The first-order valence-electron chi connectivity index (χ1n) is 34.3. The Balaban J connectivity index is 0.000000124. The van der Waals surface area contributed by atoms with Crippen molar-refractivity contribution in [3.05, 3.63) is 262 Å². The fourth-order valence-corrected chi connectivity index (χ4v) is 13.2. The van der Waals surface area contributed by atoms with E-state index in [2.05, 4.69) is 45.8 Å². The summed E-state index contributed by atoms with van der Waals surface area (Å²) in [5, 5.41) is 3.63. The number of para-hydroxylation sites is 3. The molecule has 8 heterocycles. The largest absolute Gasteiger partial charge is 0.494 e. The molecule has 3 fully saturated rings. The summed E-state index contributed by atoms with van der Waals surface area (Å²) >= 11 is 31.1. The molecule has 27 heteroatoms. The van der Waals surface area contributed by atoms with Crippen LogP contribution in [0, 0.1) is 0 Å². The fraction of sp³-hybridized carbons (Fsp3) is 0.222. The summed E-state index contributed by atoms with van der Waals surface area (Å²) in [7, 11) is -1.34.